The number of carboxylic acids is 1. The molecule has 1 aliphatic carbocycles. The summed E-state index contributed by atoms with van der Waals surface area (Å²) in [5.74, 6) is -0.671. The van der Waals surface area contributed by atoms with Crippen molar-refractivity contribution in [2.24, 2.45) is 0 Å². The third kappa shape index (κ3) is 4.02. The summed E-state index contributed by atoms with van der Waals surface area (Å²) in [6.45, 7) is 4.16. The van der Waals surface area contributed by atoms with Crippen molar-refractivity contribution < 1.29 is 19.4 Å². The quantitative estimate of drug-likeness (QED) is 0.840. The van der Waals surface area contributed by atoms with E-state index in [1.165, 1.54) is 5.56 Å². The summed E-state index contributed by atoms with van der Waals surface area (Å²) in [4.78, 5) is 27.6. The van der Waals surface area contributed by atoms with E-state index in [-0.39, 0.29) is 24.0 Å². The van der Waals surface area contributed by atoms with Crippen LogP contribution < -0.4 is 0 Å². The normalized spacial score (nSPS) is 22.0. The fourth-order valence-corrected chi connectivity index (χ4v) is 3.65. The highest BCUT2D eigenvalue weighted by atomic mass is 16.5. The van der Waals surface area contributed by atoms with Crippen LogP contribution in [0.5, 0.6) is 0 Å². The average molecular weight is 346 g/mol. The fraction of sp³-hybridized carbons (Fsp3) is 0.579. The molecule has 1 saturated carbocycles. The van der Waals surface area contributed by atoms with Crippen molar-refractivity contribution >= 4 is 11.9 Å². The van der Waals surface area contributed by atoms with Crippen LogP contribution in [-0.2, 0) is 19.7 Å². The molecule has 1 N–H and O–H groups in total. The molecular weight excluding hydrogens is 320 g/mol. The number of benzene rings is 1. The van der Waals surface area contributed by atoms with Gasteiger partial charge >= 0.3 is 5.97 Å². The minimum Gasteiger partial charge on any atom is -0.480 e. The summed E-state index contributed by atoms with van der Waals surface area (Å²) in [5.41, 5.74) is 1.93. The molecule has 1 saturated heterocycles. The first kappa shape index (κ1) is 17.9. The van der Waals surface area contributed by atoms with Crippen molar-refractivity contribution in [2.75, 3.05) is 39.8 Å². The monoisotopic (exact) mass is 346 g/mol. The van der Waals surface area contributed by atoms with E-state index in [0.29, 0.717) is 26.2 Å². The Balaban J connectivity index is 1.65. The van der Waals surface area contributed by atoms with Gasteiger partial charge in [0.1, 0.15) is 0 Å². The van der Waals surface area contributed by atoms with E-state index in [9.17, 15) is 9.59 Å². The van der Waals surface area contributed by atoms with Crippen molar-refractivity contribution in [1.82, 2.24) is 9.80 Å². The molecule has 1 atom stereocenters. The molecule has 6 nitrogen and oxygen atoms in total. The number of carbonyl (C=O) groups excluding carboxylic acids is 1. The number of hydrogen-bond acceptors (Lipinski definition) is 4. The highest BCUT2D eigenvalue weighted by Crippen LogP contribution is 2.49. The molecule has 1 heterocycles. The SMILES string of the molecule is Cc1cccc(C2(C(=O)N3CCOC(CN(C)CC(=O)O)C3)CC2)c1. The summed E-state index contributed by atoms with van der Waals surface area (Å²) in [6.07, 6.45) is 1.65. The van der Waals surface area contributed by atoms with Crippen LogP contribution in [0, 0.1) is 6.92 Å². The Morgan fingerprint density at radius 3 is 2.80 bits per heavy atom. The van der Waals surface area contributed by atoms with Crippen LogP contribution in [-0.4, -0.2) is 72.7 Å². The Labute approximate surface area is 148 Å². The summed E-state index contributed by atoms with van der Waals surface area (Å²) in [7, 11) is 1.76. The molecule has 1 aromatic carbocycles. The van der Waals surface area contributed by atoms with Gasteiger partial charge in [0.2, 0.25) is 5.91 Å². The van der Waals surface area contributed by atoms with Crippen molar-refractivity contribution in [3.63, 3.8) is 0 Å². The number of ether oxygens (including phenoxy) is 1. The topological polar surface area (TPSA) is 70.1 Å². The summed E-state index contributed by atoms with van der Waals surface area (Å²) >= 11 is 0. The van der Waals surface area contributed by atoms with E-state index in [2.05, 4.69) is 12.1 Å². The summed E-state index contributed by atoms with van der Waals surface area (Å²) in [6, 6.07) is 8.23. The first-order valence-electron chi connectivity index (χ1n) is 8.79. The Morgan fingerprint density at radius 2 is 2.16 bits per heavy atom. The van der Waals surface area contributed by atoms with Crippen LogP contribution in [0.25, 0.3) is 0 Å². The Bertz CT molecular complexity index is 657. The lowest BCUT2D eigenvalue weighted by atomic mass is 9.92. The second kappa shape index (κ2) is 7.14. The largest absolute Gasteiger partial charge is 0.480 e. The molecule has 136 valence electrons. The number of aliphatic carboxylic acids is 1. The van der Waals surface area contributed by atoms with Gasteiger partial charge in [-0.05, 0) is 32.4 Å². The van der Waals surface area contributed by atoms with Crippen molar-refractivity contribution in [3.05, 3.63) is 35.4 Å². The summed E-state index contributed by atoms with van der Waals surface area (Å²) < 4.78 is 5.74. The molecule has 0 bridgehead atoms. The number of likely N-dealkylation sites (N-methyl/N-ethyl adjacent to an activating group) is 1. The number of amides is 1. The molecule has 2 fully saturated rings. The van der Waals surface area contributed by atoms with E-state index >= 15 is 0 Å². The van der Waals surface area contributed by atoms with E-state index in [4.69, 9.17) is 9.84 Å². The maximum Gasteiger partial charge on any atom is 0.317 e. The number of aryl methyl sites for hydroxylation is 1. The molecule has 25 heavy (non-hydrogen) atoms. The molecule has 6 heteroatoms. The third-order valence-corrected chi connectivity index (χ3v) is 5.08. The van der Waals surface area contributed by atoms with Crippen LogP contribution >= 0.6 is 0 Å². The molecular formula is C19H26N2O4. The molecule has 1 aliphatic heterocycles. The molecule has 0 aromatic heterocycles. The van der Waals surface area contributed by atoms with Gasteiger partial charge < -0.3 is 14.7 Å². The van der Waals surface area contributed by atoms with Gasteiger partial charge in [-0.25, -0.2) is 0 Å². The van der Waals surface area contributed by atoms with Gasteiger partial charge in [0.05, 0.1) is 24.7 Å². The maximum atomic E-state index is 13.2. The zero-order valence-electron chi connectivity index (χ0n) is 14.9. The predicted octanol–water partition coefficient (Wildman–Crippen LogP) is 1.27. The standard InChI is InChI=1S/C19H26N2O4/c1-14-4-3-5-15(10-14)19(6-7-19)18(24)21-8-9-25-16(12-21)11-20(2)13-17(22)23/h3-5,10,16H,6-9,11-13H2,1-2H3,(H,22,23). The van der Waals surface area contributed by atoms with Crippen molar-refractivity contribution in [1.29, 1.82) is 0 Å². The maximum absolute atomic E-state index is 13.2. The van der Waals surface area contributed by atoms with Crippen LogP contribution in [0.15, 0.2) is 24.3 Å². The number of morpholine rings is 1. The van der Waals surface area contributed by atoms with E-state index < -0.39 is 5.97 Å². The van der Waals surface area contributed by atoms with Gasteiger partial charge in [-0.15, -0.1) is 0 Å². The summed E-state index contributed by atoms with van der Waals surface area (Å²) in [5, 5.41) is 8.87. The van der Waals surface area contributed by atoms with Crippen LogP contribution in [0.4, 0.5) is 0 Å². The predicted molar refractivity (Wildman–Crippen MR) is 93.5 cm³/mol. The molecule has 1 unspecified atom stereocenters. The van der Waals surface area contributed by atoms with Crippen LogP contribution in [0.3, 0.4) is 0 Å². The molecule has 0 radical (unpaired) electrons. The molecule has 0 spiro atoms. The Kier molecular flexibility index (Phi) is 5.11. The average Bonchev–Trinajstić information content (AvgIpc) is 3.35. The van der Waals surface area contributed by atoms with Gasteiger partial charge in [0, 0.05) is 19.6 Å². The second-order valence-electron chi connectivity index (χ2n) is 7.29. The van der Waals surface area contributed by atoms with Crippen LogP contribution in [0.1, 0.15) is 24.0 Å². The lowest BCUT2D eigenvalue weighted by Gasteiger charge is -2.36. The smallest absolute Gasteiger partial charge is 0.317 e. The number of carbonyl (C=O) groups is 2. The van der Waals surface area contributed by atoms with Crippen LogP contribution in [0.2, 0.25) is 0 Å². The lowest BCUT2D eigenvalue weighted by molar-refractivity contribution is -0.144. The molecule has 2 aliphatic rings. The van der Waals surface area contributed by atoms with E-state index in [1.807, 2.05) is 24.0 Å². The van der Waals surface area contributed by atoms with Crippen molar-refractivity contribution in [3.8, 4) is 0 Å². The zero-order chi connectivity index (χ0) is 18.0. The minimum atomic E-state index is -0.859. The first-order chi connectivity index (χ1) is 11.9. The van der Waals surface area contributed by atoms with Gasteiger partial charge in [-0.2, -0.15) is 0 Å². The fourth-order valence-electron chi connectivity index (χ4n) is 3.65. The molecule has 1 amide bonds. The number of hydrogen-bond donors (Lipinski definition) is 1. The third-order valence-electron chi connectivity index (χ3n) is 5.08. The zero-order valence-corrected chi connectivity index (χ0v) is 14.9. The van der Waals surface area contributed by atoms with Gasteiger partial charge in [-0.3, -0.25) is 14.5 Å². The van der Waals surface area contributed by atoms with Gasteiger partial charge in [0.15, 0.2) is 0 Å². The van der Waals surface area contributed by atoms with E-state index in [1.54, 1.807) is 11.9 Å². The van der Waals surface area contributed by atoms with Gasteiger partial charge in [0.25, 0.3) is 0 Å². The number of carboxylic acid groups (broad SMARTS) is 1. The lowest BCUT2D eigenvalue weighted by Crippen LogP contribution is -2.52. The molecule has 1 aromatic rings. The number of nitrogens with zero attached hydrogens (tertiary/aromatic N) is 2. The first-order valence-corrected chi connectivity index (χ1v) is 8.79. The molecule has 3 rings (SSSR count). The highest BCUT2D eigenvalue weighted by Gasteiger charge is 2.53. The number of rotatable bonds is 6. The minimum absolute atomic E-state index is 0.0267. The highest BCUT2D eigenvalue weighted by molar-refractivity contribution is 5.91. The Hall–Kier alpha value is -1.92. The van der Waals surface area contributed by atoms with E-state index in [0.717, 1.165) is 18.4 Å². The van der Waals surface area contributed by atoms with Gasteiger partial charge in [-0.1, -0.05) is 29.8 Å². The second-order valence-corrected chi connectivity index (χ2v) is 7.29. The Morgan fingerprint density at radius 1 is 1.40 bits per heavy atom. The van der Waals surface area contributed by atoms with Crippen molar-refractivity contribution in [2.45, 2.75) is 31.3 Å².